The molecule has 0 saturated carbocycles. The van der Waals surface area contributed by atoms with Crippen molar-refractivity contribution in [2.24, 2.45) is 0 Å². The van der Waals surface area contributed by atoms with E-state index >= 15 is 0 Å². The van der Waals surface area contributed by atoms with E-state index in [-0.39, 0.29) is 18.8 Å². The number of aliphatic hydroxyl groups is 1. The Kier molecular flexibility index (Phi) is 10.9. The van der Waals surface area contributed by atoms with Gasteiger partial charge in [-0.1, -0.05) is 60.7 Å². The summed E-state index contributed by atoms with van der Waals surface area (Å²) < 4.78 is 27.8. The number of hydrogen-bond acceptors (Lipinski definition) is 7. The summed E-state index contributed by atoms with van der Waals surface area (Å²) in [5.74, 6) is 0.355. The topological polar surface area (TPSA) is 83.5 Å². The first kappa shape index (κ1) is 25.2. The Morgan fingerprint density at radius 3 is 1.62 bits per heavy atom. The fraction of sp³-hybridized carbons (Fsp3) is 0.296. The lowest BCUT2D eigenvalue weighted by Crippen LogP contribution is -2.11. The van der Waals surface area contributed by atoms with Gasteiger partial charge in [-0.05, 0) is 23.3 Å². The van der Waals surface area contributed by atoms with Crippen molar-refractivity contribution >= 4 is 5.97 Å². The number of rotatable bonds is 15. The molecule has 0 atom stereocenters. The summed E-state index contributed by atoms with van der Waals surface area (Å²) in [6, 6.07) is 24.6. The van der Waals surface area contributed by atoms with E-state index in [1.54, 1.807) is 18.2 Å². The van der Waals surface area contributed by atoms with Crippen LogP contribution in [0, 0.1) is 0 Å². The summed E-state index contributed by atoms with van der Waals surface area (Å²) in [6.45, 7) is 2.05. The molecule has 0 aliphatic rings. The minimum absolute atomic E-state index is 0.0826. The van der Waals surface area contributed by atoms with Crippen LogP contribution in [0.3, 0.4) is 0 Å². The second kappa shape index (κ2) is 14.7. The van der Waals surface area contributed by atoms with E-state index in [2.05, 4.69) is 0 Å². The predicted octanol–water partition coefficient (Wildman–Crippen LogP) is 4.03. The highest BCUT2D eigenvalue weighted by molar-refractivity contribution is 5.90. The van der Waals surface area contributed by atoms with Crippen molar-refractivity contribution in [3.63, 3.8) is 0 Å². The molecule has 0 aliphatic carbocycles. The van der Waals surface area contributed by atoms with Gasteiger partial charge in [-0.15, -0.1) is 0 Å². The minimum Gasteiger partial charge on any atom is -0.491 e. The number of ether oxygens (including phenoxy) is 5. The normalized spacial score (nSPS) is 10.6. The Balaban J connectivity index is 1.49. The first-order chi connectivity index (χ1) is 16.7. The molecule has 0 aromatic heterocycles. The number of carbonyl (C=O) groups is 1. The molecule has 180 valence electrons. The highest BCUT2D eigenvalue weighted by Crippen LogP contribution is 2.24. The van der Waals surface area contributed by atoms with Crippen molar-refractivity contribution in [3.05, 3.63) is 95.6 Å². The minimum atomic E-state index is -0.565. The van der Waals surface area contributed by atoms with E-state index in [4.69, 9.17) is 28.8 Å². The van der Waals surface area contributed by atoms with Gasteiger partial charge in [-0.2, -0.15) is 0 Å². The van der Waals surface area contributed by atoms with Crippen molar-refractivity contribution < 1.29 is 33.6 Å². The highest BCUT2D eigenvalue weighted by atomic mass is 16.5. The fourth-order valence-electron chi connectivity index (χ4n) is 3.04. The van der Waals surface area contributed by atoms with E-state index in [1.165, 1.54) is 0 Å². The van der Waals surface area contributed by atoms with Gasteiger partial charge < -0.3 is 28.8 Å². The largest absolute Gasteiger partial charge is 0.491 e. The predicted molar refractivity (Wildman–Crippen MR) is 127 cm³/mol. The van der Waals surface area contributed by atoms with Gasteiger partial charge >= 0.3 is 5.97 Å². The Labute approximate surface area is 199 Å². The molecule has 7 nitrogen and oxygen atoms in total. The van der Waals surface area contributed by atoms with Gasteiger partial charge in [0.05, 0.1) is 38.6 Å². The molecule has 7 heteroatoms. The van der Waals surface area contributed by atoms with E-state index in [0.717, 1.165) is 11.1 Å². The van der Waals surface area contributed by atoms with Gasteiger partial charge in [0.2, 0.25) is 0 Å². The zero-order valence-electron chi connectivity index (χ0n) is 19.1. The lowest BCUT2D eigenvalue weighted by molar-refractivity contribution is 0.0432. The lowest BCUT2D eigenvalue weighted by Gasteiger charge is -2.13. The van der Waals surface area contributed by atoms with Crippen LogP contribution in [-0.4, -0.2) is 50.7 Å². The molecule has 0 amide bonds. The summed E-state index contributed by atoms with van der Waals surface area (Å²) >= 11 is 0. The second-order valence-electron chi connectivity index (χ2n) is 7.33. The van der Waals surface area contributed by atoms with Gasteiger partial charge in [0, 0.05) is 6.07 Å². The average Bonchev–Trinajstić information content (AvgIpc) is 2.88. The average molecular weight is 467 g/mol. The van der Waals surface area contributed by atoms with Crippen LogP contribution >= 0.6 is 0 Å². The smallest absolute Gasteiger partial charge is 0.338 e. The molecule has 3 aromatic carbocycles. The van der Waals surface area contributed by atoms with Crippen molar-refractivity contribution in [1.29, 1.82) is 0 Å². The fourth-order valence-corrected chi connectivity index (χ4v) is 3.04. The van der Waals surface area contributed by atoms with E-state index in [1.807, 2.05) is 60.7 Å². The zero-order chi connectivity index (χ0) is 23.8. The number of carbonyl (C=O) groups excluding carboxylic acids is 1. The van der Waals surface area contributed by atoms with Gasteiger partial charge in [0.25, 0.3) is 0 Å². The van der Waals surface area contributed by atoms with Crippen LogP contribution in [0.25, 0.3) is 0 Å². The summed E-state index contributed by atoms with van der Waals surface area (Å²) in [7, 11) is 0. The number of hydrogen-bond donors (Lipinski definition) is 1. The van der Waals surface area contributed by atoms with Gasteiger partial charge in [0.15, 0.2) is 0 Å². The molecule has 0 aliphatic heterocycles. The maximum absolute atomic E-state index is 12.3. The van der Waals surface area contributed by atoms with Gasteiger partial charge in [-0.25, -0.2) is 4.79 Å². The molecule has 1 N–H and O–H groups in total. The van der Waals surface area contributed by atoms with Crippen LogP contribution in [0.2, 0.25) is 0 Å². The van der Waals surface area contributed by atoms with Crippen molar-refractivity contribution in [2.75, 3.05) is 39.6 Å². The maximum atomic E-state index is 12.3. The number of aliphatic hydroxyl groups excluding tert-OH is 1. The third kappa shape index (κ3) is 9.23. The van der Waals surface area contributed by atoms with Gasteiger partial charge in [-0.3, -0.25) is 0 Å². The zero-order valence-corrected chi connectivity index (χ0v) is 19.1. The van der Waals surface area contributed by atoms with Crippen LogP contribution in [0.4, 0.5) is 0 Å². The molecule has 0 saturated heterocycles. The third-order valence-electron chi connectivity index (χ3n) is 4.66. The summed E-state index contributed by atoms with van der Waals surface area (Å²) in [4.78, 5) is 12.3. The molecular weight excluding hydrogens is 436 g/mol. The standard InChI is InChI=1S/C27H30O7/c28-11-12-34-27(29)24-17-25(32-15-13-30-20-22-7-3-1-4-8-22)19-26(18-24)33-16-14-31-21-23-9-5-2-6-10-23/h1-10,17-19,28H,11-16,20-21H2. The van der Waals surface area contributed by atoms with E-state index < -0.39 is 5.97 Å². The Morgan fingerprint density at radius 1 is 0.647 bits per heavy atom. The quantitative estimate of drug-likeness (QED) is 0.267. The number of esters is 1. The molecule has 0 bridgehead atoms. The summed E-state index contributed by atoms with van der Waals surface area (Å²) in [5, 5.41) is 8.91. The molecular formula is C27H30O7. The molecule has 34 heavy (non-hydrogen) atoms. The number of benzene rings is 3. The first-order valence-corrected chi connectivity index (χ1v) is 11.2. The monoisotopic (exact) mass is 466 g/mol. The molecule has 0 spiro atoms. The lowest BCUT2D eigenvalue weighted by atomic mass is 10.2. The molecule has 0 radical (unpaired) electrons. The maximum Gasteiger partial charge on any atom is 0.338 e. The van der Waals surface area contributed by atoms with Gasteiger partial charge in [0.1, 0.15) is 31.3 Å². The molecule has 3 rings (SSSR count). The SMILES string of the molecule is O=C(OCCO)c1cc(OCCOCc2ccccc2)cc(OCCOCc2ccccc2)c1. The van der Waals surface area contributed by atoms with Crippen molar-refractivity contribution in [1.82, 2.24) is 0 Å². The van der Waals surface area contributed by atoms with Crippen LogP contribution in [-0.2, 0) is 27.4 Å². The molecule has 3 aromatic rings. The Bertz CT molecular complexity index is 909. The highest BCUT2D eigenvalue weighted by Gasteiger charge is 2.12. The van der Waals surface area contributed by atoms with E-state index in [9.17, 15) is 4.79 Å². The molecule has 0 fully saturated rings. The van der Waals surface area contributed by atoms with Crippen molar-refractivity contribution in [2.45, 2.75) is 13.2 Å². The second-order valence-corrected chi connectivity index (χ2v) is 7.33. The summed E-state index contributed by atoms with van der Waals surface area (Å²) in [6.07, 6.45) is 0. The van der Waals surface area contributed by atoms with E-state index in [0.29, 0.717) is 51.1 Å². The molecule has 0 heterocycles. The van der Waals surface area contributed by atoms with Crippen LogP contribution < -0.4 is 9.47 Å². The van der Waals surface area contributed by atoms with Crippen LogP contribution in [0.15, 0.2) is 78.9 Å². The molecule has 0 unspecified atom stereocenters. The Morgan fingerprint density at radius 2 is 1.15 bits per heavy atom. The van der Waals surface area contributed by atoms with Crippen LogP contribution in [0.1, 0.15) is 21.5 Å². The Hall–Kier alpha value is -3.39. The van der Waals surface area contributed by atoms with Crippen LogP contribution in [0.5, 0.6) is 11.5 Å². The van der Waals surface area contributed by atoms with Crippen molar-refractivity contribution in [3.8, 4) is 11.5 Å². The third-order valence-corrected chi connectivity index (χ3v) is 4.66. The summed E-state index contributed by atoms with van der Waals surface area (Å²) in [5.41, 5.74) is 2.44. The first-order valence-electron chi connectivity index (χ1n) is 11.2.